The van der Waals surface area contributed by atoms with Crippen LogP contribution < -0.4 is 0 Å². The molecule has 4 nitrogen and oxygen atoms in total. The fourth-order valence-corrected chi connectivity index (χ4v) is 2.63. The number of rotatable bonds is 3. The van der Waals surface area contributed by atoms with Crippen molar-refractivity contribution in [1.29, 1.82) is 0 Å². The molecule has 1 unspecified atom stereocenters. The summed E-state index contributed by atoms with van der Waals surface area (Å²) in [5, 5.41) is 9.66. The predicted octanol–water partition coefficient (Wildman–Crippen LogP) is 1.89. The highest BCUT2D eigenvalue weighted by atomic mass is 16.3. The lowest BCUT2D eigenvalue weighted by Crippen LogP contribution is -2.42. The molecule has 1 amide bonds. The fraction of sp³-hybridized carbons (Fsp3) is 0.643. The normalized spacial score (nSPS) is 22.4. The zero-order valence-corrected chi connectivity index (χ0v) is 11.3. The van der Waals surface area contributed by atoms with E-state index in [0.717, 1.165) is 11.5 Å². The van der Waals surface area contributed by atoms with E-state index >= 15 is 0 Å². The maximum atomic E-state index is 12.2. The number of aliphatic hydroxyl groups is 1. The summed E-state index contributed by atoms with van der Waals surface area (Å²) in [7, 11) is 0. The van der Waals surface area contributed by atoms with Crippen LogP contribution in [0.3, 0.4) is 0 Å². The van der Waals surface area contributed by atoms with Gasteiger partial charge in [0.1, 0.15) is 11.5 Å². The van der Waals surface area contributed by atoms with Crippen molar-refractivity contribution in [1.82, 2.24) is 4.90 Å². The Morgan fingerprint density at radius 2 is 2.28 bits per heavy atom. The minimum atomic E-state index is -0.394. The van der Waals surface area contributed by atoms with Crippen molar-refractivity contribution >= 4 is 5.91 Å². The number of hydrogen-bond donors (Lipinski definition) is 1. The minimum Gasteiger partial charge on any atom is -0.466 e. The Morgan fingerprint density at radius 3 is 2.78 bits per heavy atom. The number of nitrogens with zero attached hydrogens (tertiary/aromatic N) is 1. The lowest BCUT2D eigenvalue weighted by Gasteiger charge is -2.31. The summed E-state index contributed by atoms with van der Waals surface area (Å²) >= 11 is 0. The van der Waals surface area contributed by atoms with Gasteiger partial charge in [0.25, 0.3) is 0 Å². The summed E-state index contributed by atoms with van der Waals surface area (Å²) < 4.78 is 5.45. The third-order valence-corrected chi connectivity index (χ3v) is 3.54. The zero-order valence-electron chi connectivity index (χ0n) is 11.3. The molecular weight excluding hydrogens is 230 g/mol. The third kappa shape index (κ3) is 2.75. The summed E-state index contributed by atoms with van der Waals surface area (Å²) in [6, 6.07) is 3.82. The molecule has 1 saturated heterocycles. The number of furan rings is 1. The van der Waals surface area contributed by atoms with Gasteiger partial charge in [-0.2, -0.15) is 0 Å². The maximum absolute atomic E-state index is 12.2. The molecule has 0 bridgehead atoms. The minimum absolute atomic E-state index is 0.0885. The standard InChI is InChI=1S/C14H21NO3/c1-10-4-5-12(18-10)6-7-13(17)15-9-11(16)8-14(15,2)3/h4-5,11,16H,6-9H2,1-3H3. The Bertz CT molecular complexity index is 436. The van der Waals surface area contributed by atoms with Gasteiger partial charge >= 0.3 is 0 Å². The van der Waals surface area contributed by atoms with Crippen molar-refractivity contribution in [3.63, 3.8) is 0 Å². The molecule has 1 fully saturated rings. The topological polar surface area (TPSA) is 53.7 Å². The fourth-order valence-electron chi connectivity index (χ4n) is 2.63. The van der Waals surface area contributed by atoms with Crippen molar-refractivity contribution in [3.05, 3.63) is 23.7 Å². The molecule has 0 radical (unpaired) electrons. The first kappa shape index (κ1) is 13.1. The highest BCUT2D eigenvalue weighted by Gasteiger charge is 2.39. The number of β-amino-alcohol motifs (C(OH)–C–C–N with tert-alkyl or cyclic N) is 1. The second-order valence-electron chi connectivity index (χ2n) is 5.69. The van der Waals surface area contributed by atoms with Crippen molar-refractivity contribution < 1.29 is 14.3 Å². The molecule has 1 atom stereocenters. The van der Waals surface area contributed by atoms with E-state index in [9.17, 15) is 9.90 Å². The van der Waals surface area contributed by atoms with Gasteiger partial charge in [-0.1, -0.05) is 0 Å². The van der Waals surface area contributed by atoms with Gasteiger partial charge in [-0.25, -0.2) is 0 Å². The first-order chi connectivity index (χ1) is 8.38. The quantitative estimate of drug-likeness (QED) is 0.892. The summed E-state index contributed by atoms with van der Waals surface area (Å²) in [5.74, 6) is 1.80. The van der Waals surface area contributed by atoms with E-state index in [1.807, 2.05) is 32.9 Å². The number of hydrogen-bond acceptors (Lipinski definition) is 3. The molecule has 1 aliphatic heterocycles. The summed E-state index contributed by atoms with van der Waals surface area (Å²) in [6.45, 7) is 6.34. The second kappa shape index (κ2) is 4.76. The van der Waals surface area contributed by atoms with E-state index in [-0.39, 0.29) is 11.4 Å². The van der Waals surface area contributed by atoms with Gasteiger partial charge in [-0.3, -0.25) is 4.79 Å². The average molecular weight is 251 g/mol. The number of aryl methyl sites for hydroxylation is 2. The molecule has 0 spiro atoms. The van der Waals surface area contributed by atoms with Crippen LogP contribution >= 0.6 is 0 Å². The van der Waals surface area contributed by atoms with Crippen molar-refractivity contribution in [3.8, 4) is 0 Å². The van der Waals surface area contributed by atoms with E-state index in [1.54, 1.807) is 4.90 Å². The third-order valence-electron chi connectivity index (χ3n) is 3.54. The van der Waals surface area contributed by atoms with Crippen molar-refractivity contribution in [2.75, 3.05) is 6.54 Å². The molecular formula is C14H21NO3. The monoisotopic (exact) mass is 251 g/mol. The number of carbonyl (C=O) groups excluding carboxylic acids is 1. The molecule has 100 valence electrons. The van der Waals surface area contributed by atoms with Crippen LogP contribution in [0.15, 0.2) is 16.5 Å². The highest BCUT2D eigenvalue weighted by Crippen LogP contribution is 2.29. The van der Waals surface area contributed by atoms with E-state index < -0.39 is 6.10 Å². The van der Waals surface area contributed by atoms with Crippen molar-refractivity contribution in [2.45, 2.75) is 51.7 Å². The first-order valence-corrected chi connectivity index (χ1v) is 6.42. The lowest BCUT2D eigenvalue weighted by atomic mass is 10.0. The van der Waals surface area contributed by atoms with Gasteiger partial charge in [0.15, 0.2) is 0 Å². The van der Waals surface area contributed by atoms with Crippen LogP contribution in [0.4, 0.5) is 0 Å². The molecule has 2 rings (SSSR count). The SMILES string of the molecule is Cc1ccc(CCC(=O)N2CC(O)CC2(C)C)o1. The predicted molar refractivity (Wildman–Crippen MR) is 68.2 cm³/mol. The van der Waals surface area contributed by atoms with Crippen LogP contribution in [-0.2, 0) is 11.2 Å². The van der Waals surface area contributed by atoms with Crippen LogP contribution in [0.25, 0.3) is 0 Å². The Kier molecular flexibility index (Phi) is 3.48. The van der Waals surface area contributed by atoms with Gasteiger partial charge in [-0.15, -0.1) is 0 Å². The van der Waals surface area contributed by atoms with Gasteiger partial charge < -0.3 is 14.4 Å². The molecule has 0 saturated carbocycles. The Hall–Kier alpha value is -1.29. The highest BCUT2D eigenvalue weighted by molar-refractivity contribution is 5.77. The van der Waals surface area contributed by atoms with E-state index in [4.69, 9.17) is 4.42 Å². The summed E-state index contributed by atoms with van der Waals surface area (Å²) in [6.07, 6.45) is 1.31. The molecule has 1 aromatic heterocycles. The molecule has 1 aromatic rings. The molecule has 2 heterocycles. The zero-order chi connectivity index (χ0) is 13.3. The molecule has 4 heteroatoms. The van der Waals surface area contributed by atoms with Crippen LogP contribution in [-0.4, -0.2) is 34.1 Å². The lowest BCUT2D eigenvalue weighted by molar-refractivity contribution is -0.134. The van der Waals surface area contributed by atoms with E-state index in [0.29, 0.717) is 25.8 Å². The molecule has 1 N–H and O–H groups in total. The Morgan fingerprint density at radius 1 is 1.56 bits per heavy atom. The largest absolute Gasteiger partial charge is 0.466 e. The summed E-state index contributed by atoms with van der Waals surface area (Å²) in [5.41, 5.74) is -0.240. The van der Waals surface area contributed by atoms with Gasteiger partial charge in [0.2, 0.25) is 5.91 Å². The van der Waals surface area contributed by atoms with Crippen LogP contribution in [0.2, 0.25) is 0 Å². The first-order valence-electron chi connectivity index (χ1n) is 6.42. The van der Waals surface area contributed by atoms with Crippen LogP contribution in [0.5, 0.6) is 0 Å². The Labute approximate surface area is 108 Å². The van der Waals surface area contributed by atoms with Gasteiger partial charge in [0.05, 0.1) is 6.10 Å². The molecule has 18 heavy (non-hydrogen) atoms. The van der Waals surface area contributed by atoms with Crippen LogP contribution in [0.1, 0.15) is 38.2 Å². The smallest absolute Gasteiger partial charge is 0.223 e. The maximum Gasteiger partial charge on any atom is 0.223 e. The van der Waals surface area contributed by atoms with Gasteiger partial charge in [0, 0.05) is 24.9 Å². The molecule has 0 aliphatic carbocycles. The number of amides is 1. The number of likely N-dealkylation sites (tertiary alicyclic amines) is 1. The summed E-state index contributed by atoms with van der Waals surface area (Å²) in [4.78, 5) is 13.9. The number of carbonyl (C=O) groups is 1. The van der Waals surface area contributed by atoms with Crippen molar-refractivity contribution in [2.24, 2.45) is 0 Å². The second-order valence-corrected chi connectivity index (χ2v) is 5.69. The van der Waals surface area contributed by atoms with E-state index in [1.165, 1.54) is 0 Å². The average Bonchev–Trinajstić information content (AvgIpc) is 2.78. The molecule has 0 aromatic carbocycles. The van der Waals surface area contributed by atoms with Gasteiger partial charge in [-0.05, 0) is 39.3 Å². The Balaban J connectivity index is 1.92. The van der Waals surface area contributed by atoms with E-state index in [2.05, 4.69) is 0 Å². The molecule has 1 aliphatic rings. The van der Waals surface area contributed by atoms with Crippen LogP contribution in [0, 0.1) is 6.92 Å². The number of aliphatic hydroxyl groups excluding tert-OH is 1.